The molecule has 15 heavy (non-hydrogen) atoms. The molecule has 0 fully saturated rings. The maximum atomic E-state index is 11.0. The Kier molecular flexibility index (Phi) is 4.82. The SMILES string of the molecule is CCCCC(O)C1=CCCCC1C(=O)O. The molecule has 0 saturated carbocycles. The highest BCUT2D eigenvalue weighted by Gasteiger charge is 2.28. The molecule has 0 bridgehead atoms. The summed E-state index contributed by atoms with van der Waals surface area (Å²) in [5.41, 5.74) is 0.738. The lowest BCUT2D eigenvalue weighted by molar-refractivity contribution is -0.141. The van der Waals surface area contributed by atoms with Gasteiger partial charge in [0.05, 0.1) is 12.0 Å². The van der Waals surface area contributed by atoms with E-state index in [1.54, 1.807) is 0 Å². The first-order valence-corrected chi connectivity index (χ1v) is 5.77. The van der Waals surface area contributed by atoms with Crippen LogP contribution in [0.4, 0.5) is 0 Å². The standard InChI is InChI=1S/C12H20O3/c1-2-3-8-11(13)9-6-4-5-7-10(9)12(14)15/h6,10-11,13H,2-5,7-8H2,1H3,(H,14,15). The zero-order valence-electron chi connectivity index (χ0n) is 9.28. The van der Waals surface area contributed by atoms with E-state index in [1.807, 2.05) is 6.08 Å². The highest BCUT2D eigenvalue weighted by atomic mass is 16.4. The van der Waals surface area contributed by atoms with Crippen LogP contribution in [0.5, 0.6) is 0 Å². The molecule has 0 aliphatic heterocycles. The monoisotopic (exact) mass is 212 g/mol. The molecule has 86 valence electrons. The molecule has 1 aliphatic carbocycles. The maximum Gasteiger partial charge on any atom is 0.310 e. The van der Waals surface area contributed by atoms with Crippen LogP contribution < -0.4 is 0 Å². The molecule has 0 aromatic carbocycles. The summed E-state index contributed by atoms with van der Waals surface area (Å²) < 4.78 is 0. The summed E-state index contributed by atoms with van der Waals surface area (Å²) in [6.07, 6.45) is 6.53. The van der Waals surface area contributed by atoms with Crippen LogP contribution in [0.2, 0.25) is 0 Å². The zero-order chi connectivity index (χ0) is 11.3. The number of hydrogen-bond acceptors (Lipinski definition) is 2. The second-order valence-corrected chi connectivity index (χ2v) is 4.18. The predicted octanol–water partition coefficient (Wildman–Crippen LogP) is 2.35. The molecule has 0 spiro atoms. The summed E-state index contributed by atoms with van der Waals surface area (Å²) in [6, 6.07) is 0. The van der Waals surface area contributed by atoms with E-state index >= 15 is 0 Å². The van der Waals surface area contributed by atoms with Crippen molar-refractivity contribution in [1.82, 2.24) is 0 Å². The molecule has 0 aromatic rings. The van der Waals surface area contributed by atoms with Crippen LogP contribution >= 0.6 is 0 Å². The molecule has 0 heterocycles. The minimum Gasteiger partial charge on any atom is -0.481 e. The lowest BCUT2D eigenvalue weighted by Crippen LogP contribution is -2.26. The number of aliphatic hydroxyl groups is 1. The Morgan fingerprint density at radius 3 is 3.00 bits per heavy atom. The molecule has 3 heteroatoms. The number of aliphatic hydroxyl groups excluding tert-OH is 1. The third-order valence-electron chi connectivity index (χ3n) is 2.99. The van der Waals surface area contributed by atoms with Gasteiger partial charge < -0.3 is 10.2 Å². The van der Waals surface area contributed by atoms with Crippen LogP contribution in [0.1, 0.15) is 45.4 Å². The van der Waals surface area contributed by atoms with Crippen LogP contribution in [0.3, 0.4) is 0 Å². The van der Waals surface area contributed by atoms with E-state index in [2.05, 4.69) is 6.92 Å². The van der Waals surface area contributed by atoms with E-state index in [1.165, 1.54) is 0 Å². The second-order valence-electron chi connectivity index (χ2n) is 4.18. The van der Waals surface area contributed by atoms with E-state index in [4.69, 9.17) is 5.11 Å². The van der Waals surface area contributed by atoms with Crippen LogP contribution in [-0.4, -0.2) is 22.3 Å². The summed E-state index contributed by atoms with van der Waals surface area (Å²) in [5, 5.41) is 18.9. The fraction of sp³-hybridized carbons (Fsp3) is 0.750. The van der Waals surface area contributed by atoms with E-state index in [9.17, 15) is 9.90 Å². The van der Waals surface area contributed by atoms with Crippen molar-refractivity contribution in [3.05, 3.63) is 11.6 Å². The highest BCUT2D eigenvalue weighted by Crippen LogP contribution is 2.29. The topological polar surface area (TPSA) is 57.5 Å². The molecular weight excluding hydrogens is 192 g/mol. The van der Waals surface area contributed by atoms with Crippen LogP contribution in [-0.2, 0) is 4.79 Å². The van der Waals surface area contributed by atoms with Gasteiger partial charge in [-0.2, -0.15) is 0 Å². The quantitative estimate of drug-likeness (QED) is 0.688. The van der Waals surface area contributed by atoms with Gasteiger partial charge in [0.25, 0.3) is 0 Å². The molecule has 2 N–H and O–H groups in total. The van der Waals surface area contributed by atoms with Crippen LogP contribution in [0.25, 0.3) is 0 Å². The van der Waals surface area contributed by atoms with Gasteiger partial charge >= 0.3 is 5.97 Å². The fourth-order valence-corrected chi connectivity index (χ4v) is 2.10. The first kappa shape index (κ1) is 12.2. The van der Waals surface area contributed by atoms with Crippen molar-refractivity contribution < 1.29 is 15.0 Å². The number of carboxylic acid groups (broad SMARTS) is 1. The Balaban J connectivity index is 2.63. The molecule has 2 atom stereocenters. The minimum absolute atomic E-state index is 0.453. The van der Waals surface area contributed by atoms with Gasteiger partial charge in [-0.15, -0.1) is 0 Å². The maximum absolute atomic E-state index is 11.0. The average Bonchev–Trinajstić information content (AvgIpc) is 2.25. The van der Waals surface area contributed by atoms with Gasteiger partial charge in [0, 0.05) is 0 Å². The number of allylic oxidation sites excluding steroid dienone is 1. The lowest BCUT2D eigenvalue weighted by atomic mass is 9.83. The van der Waals surface area contributed by atoms with Crippen molar-refractivity contribution in [1.29, 1.82) is 0 Å². The Labute approximate surface area is 90.8 Å². The Hall–Kier alpha value is -0.830. The number of aliphatic carboxylic acids is 1. The third-order valence-corrected chi connectivity index (χ3v) is 2.99. The Morgan fingerprint density at radius 2 is 2.40 bits per heavy atom. The smallest absolute Gasteiger partial charge is 0.310 e. The molecule has 0 saturated heterocycles. The van der Waals surface area contributed by atoms with E-state index in [0.717, 1.165) is 31.3 Å². The Morgan fingerprint density at radius 1 is 1.67 bits per heavy atom. The van der Waals surface area contributed by atoms with Gasteiger partial charge in [-0.25, -0.2) is 0 Å². The van der Waals surface area contributed by atoms with Gasteiger partial charge in [-0.05, 0) is 31.3 Å². The normalized spacial score (nSPS) is 23.3. The predicted molar refractivity (Wildman–Crippen MR) is 58.6 cm³/mol. The number of rotatable bonds is 5. The summed E-state index contributed by atoms with van der Waals surface area (Å²) in [7, 11) is 0. The molecule has 2 unspecified atom stereocenters. The van der Waals surface area contributed by atoms with Crippen molar-refractivity contribution in [2.45, 2.75) is 51.6 Å². The third kappa shape index (κ3) is 3.34. The number of carboxylic acids is 1. The summed E-state index contributed by atoms with van der Waals surface area (Å²) in [6.45, 7) is 2.07. The zero-order valence-corrected chi connectivity index (χ0v) is 9.28. The van der Waals surface area contributed by atoms with Gasteiger partial charge in [0.2, 0.25) is 0 Å². The van der Waals surface area contributed by atoms with E-state index in [-0.39, 0.29) is 0 Å². The van der Waals surface area contributed by atoms with Crippen molar-refractivity contribution in [2.24, 2.45) is 5.92 Å². The van der Waals surface area contributed by atoms with Gasteiger partial charge in [0.1, 0.15) is 0 Å². The van der Waals surface area contributed by atoms with Gasteiger partial charge in [-0.1, -0.05) is 25.8 Å². The summed E-state index contributed by atoms with van der Waals surface area (Å²) in [4.78, 5) is 11.0. The molecule has 1 aliphatic rings. The number of hydrogen-bond donors (Lipinski definition) is 2. The van der Waals surface area contributed by atoms with Gasteiger partial charge in [0.15, 0.2) is 0 Å². The molecule has 0 aromatic heterocycles. The first-order chi connectivity index (χ1) is 7.16. The summed E-state index contributed by atoms with van der Waals surface area (Å²) >= 11 is 0. The van der Waals surface area contributed by atoms with Gasteiger partial charge in [-0.3, -0.25) is 4.79 Å². The van der Waals surface area contributed by atoms with Crippen molar-refractivity contribution in [3.63, 3.8) is 0 Å². The highest BCUT2D eigenvalue weighted by molar-refractivity contribution is 5.74. The average molecular weight is 212 g/mol. The van der Waals surface area contributed by atoms with Crippen LogP contribution in [0.15, 0.2) is 11.6 Å². The van der Waals surface area contributed by atoms with Crippen LogP contribution in [0, 0.1) is 5.92 Å². The molecule has 1 rings (SSSR count). The molecular formula is C12H20O3. The molecule has 0 amide bonds. The summed E-state index contributed by atoms with van der Waals surface area (Å²) in [5.74, 6) is -1.25. The Bertz CT molecular complexity index is 245. The largest absolute Gasteiger partial charge is 0.481 e. The molecule has 3 nitrogen and oxygen atoms in total. The first-order valence-electron chi connectivity index (χ1n) is 5.77. The van der Waals surface area contributed by atoms with E-state index < -0.39 is 18.0 Å². The number of carbonyl (C=O) groups is 1. The van der Waals surface area contributed by atoms with Crippen molar-refractivity contribution >= 4 is 5.97 Å². The second kappa shape index (κ2) is 5.91. The van der Waals surface area contributed by atoms with Crippen molar-refractivity contribution in [3.8, 4) is 0 Å². The number of unbranched alkanes of at least 4 members (excludes halogenated alkanes) is 1. The van der Waals surface area contributed by atoms with E-state index in [0.29, 0.717) is 12.8 Å². The fourth-order valence-electron chi connectivity index (χ4n) is 2.10. The van der Waals surface area contributed by atoms with Crippen molar-refractivity contribution in [2.75, 3.05) is 0 Å². The lowest BCUT2D eigenvalue weighted by Gasteiger charge is -2.24. The molecule has 0 radical (unpaired) electrons. The minimum atomic E-state index is -0.795.